The van der Waals surface area contributed by atoms with Gasteiger partial charge in [0.1, 0.15) is 0 Å². The molecule has 1 saturated heterocycles. The Hall–Kier alpha value is -0.610. The molecule has 4 heteroatoms. The van der Waals surface area contributed by atoms with Crippen molar-refractivity contribution >= 4 is 5.91 Å². The fraction of sp³-hybridized carbons (Fsp3) is 0.900. The van der Waals surface area contributed by atoms with Gasteiger partial charge >= 0.3 is 0 Å². The fourth-order valence-electron chi connectivity index (χ4n) is 1.71. The van der Waals surface area contributed by atoms with Crippen molar-refractivity contribution < 1.29 is 9.53 Å². The molecule has 1 aliphatic rings. The molecule has 14 heavy (non-hydrogen) atoms. The highest BCUT2D eigenvalue weighted by molar-refractivity contribution is 5.73. The lowest BCUT2D eigenvalue weighted by molar-refractivity contribution is -0.118. The van der Waals surface area contributed by atoms with Crippen molar-refractivity contribution in [1.29, 1.82) is 0 Å². The van der Waals surface area contributed by atoms with Gasteiger partial charge in [0.25, 0.3) is 0 Å². The van der Waals surface area contributed by atoms with Crippen molar-refractivity contribution in [2.24, 2.45) is 11.7 Å². The summed E-state index contributed by atoms with van der Waals surface area (Å²) in [6, 6.07) is 0.477. The summed E-state index contributed by atoms with van der Waals surface area (Å²) in [6.45, 7) is 4.78. The SMILES string of the molecule is CC(NCCCC(N)=O)C1CCOC1. The average Bonchev–Trinajstić information content (AvgIpc) is 2.64. The highest BCUT2D eigenvalue weighted by Gasteiger charge is 2.21. The Labute approximate surface area is 85.2 Å². The predicted octanol–water partition coefficient (Wildman–Crippen LogP) is 0.267. The Morgan fingerprint density at radius 3 is 3.07 bits per heavy atom. The van der Waals surface area contributed by atoms with E-state index in [1.807, 2.05) is 0 Å². The molecule has 2 unspecified atom stereocenters. The maximum Gasteiger partial charge on any atom is 0.217 e. The van der Waals surface area contributed by atoms with Crippen LogP contribution in [0.3, 0.4) is 0 Å². The number of ether oxygens (including phenoxy) is 1. The van der Waals surface area contributed by atoms with Gasteiger partial charge in [-0.3, -0.25) is 4.79 Å². The van der Waals surface area contributed by atoms with E-state index in [0.29, 0.717) is 18.4 Å². The summed E-state index contributed by atoms with van der Waals surface area (Å²) in [4.78, 5) is 10.5. The summed E-state index contributed by atoms with van der Waals surface area (Å²) >= 11 is 0. The number of carbonyl (C=O) groups is 1. The van der Waals surface area contributed by atoms with Gasteiger partial charge in [-0.15, -0.1) is 0 Å². The molecule has 0 spiro atoms. The molecule has 1 aliphatic heterocycles. The highest BCUT2D eigenvalue weighted by atomic mass is 16.5. The van der Waals surface area contributed by atoms with Gasteiger partial charge in [-0.2, -0.15) is 0 Å². The maximum atomic E-state index is 10.5. The topological polar surface area (TPSA) is 64.3 Å². The van der Waals surface area contributed by atoms with Gasteiger partial charge in [-0.25, -0.2) is 0 Å². The minimum absolute atomic E-state index is 0.219. The molecular formula is C10H20N2O2. The Morgan fingerprint density at radius 2 is 2.50 bits per heavy atom. The summed E-state index contributed by atoms with van der Waals surface area (Å²) in [5.41, 5.74) is 5.04. The van der Waals surface area contributed by atoms with Crippen LogP contribution in [0.4, 0.5) is 0 Å². The van der Waals surface area contributed by atoms with Crippen LogP contribution in [-0.4, -0.2) is 31.7 Å². The lowest BCUT2D eigenvalue weighted by Crippen LogP contribution is -2.34. The second-order valence-electron chi connectivity index (χ2n) is 3.94. The van der Waals surface area contributed by atoms with E-state index in [9.17, 15) is 4.79 Å². The second kappa shape index (κ2) is 5.98. The molecule has 1 rings (SSSR count). The number of carbonyl (C=O) groups excluding carboxylic acids is 1. The zero-order valence-corrected chi connectivity index (χ0v) is 8.79. The smallest absolute Gasteiger partial charge is 0.217 e. The standard InChI is InChI=1S/C10H20N2O2/c1-8(9-4-6-14-7-9)12-5-2-3-10(11)13/h8-9,12H,2-7H2,1H3,(H2,11,13). The van der Waals surface area contributed by atoms with Crippen LogP contribution in [0, 0.1) is 5.92 Å². The summed E-state index contributed by atoms with van der Waals surface area (Å²) in [7, 11) is 0. The first-order chi connectivity index (χ1) is 6.70. The van der Waals surface area contributed by atoms with Crippen LogP contribution >= 0.6 is 0 Å². The van der Waals surface area contributed by atoms with E-state index in [-0.39, 0.29) is 5.91 Å². The molecule has 2 atom stereocenters. The van der Waals surface area contributed by atoms with Crippen molar-refractivity contribution in [2.75, 3.05) is 19.8 Å². The average molecular weight is 200 g/mol. The predicted molar refractivity (Wildman–Crippen MR) is 54.8 cm³/mol. The minimum atomic E-state index is -0.219. The lowest BCUT2D eigenvalue weighted by atomic mass is 10.0. The van der Waals surface area contributed by atoms with Crippen molar-refractivity contribution in [1.82, 2.24) is 5.32 Å². The normalized spacial score (nSPS) is 23.6. The van der Waals surface area contributed by atoms with E-state index in [4.69, 9.17) is 10.5 Å². The van der Waals surface area contributed by atoms with Gasteiger partial charge in [0.05, 0.1) is 6.61 Å². The zero-order valence-electron chi connectivity index (χ0n) is 8.79. The van der Waals surface area contributed by atoms with E-state index in [1.165, 1.54) is 0 Å². The van der Waals surface area contributed by atoms with Crippen molar-refractivity contribution in [3.8, 4) is 0 Å². The first-order valence-electron chi connectivity index (χ1n) is 5.29. The van der Waals surface area contributed by atoms with Crippen LogP contribution in [0.15, 0.2) is 0 Å². The van der Waals surface area contributed by atoms with Gasteiger partial charge in [0.2, 0.25) is 5.91 Å². The van der Waals surface area contributed by atoms with Gasteiger partial charge in [0.15, 0.2) is 0 Å². The Bertz CT molecular complexity index is 179. The molecule has 0 aromatic rings. The van der Waals surface area contributed by atoms with Gasteiger partial charge in [0, 0.05) is 19.1 Å². The molecule has 4 nitrogen and oxygen atoms in total. The van der Waals surface area contributed by atoms with Crippen molar-refractivity contribution in [3.05, 3.63) is 0 Å². The van der Waals surface area contributed by atoms with Gasteiger partial charge < -0.3 is 15.8 Å². The lowest BCUT2D eigenvalue weighted by Gasteiger charge is -2.18. The highest BCUT2D eigenvalue weighted by Crippen LogP contribution is 2.16. The number of amides is 1. The molecule has 1 heterocycles. The Morgan fingerprint density at radius 1 is 1.71 bits per heavy atom. The molecule has 0 aromatic carbocycles. The number of rotatable bonds is 6. The first-order valence-corrected chi connectivity index (χ1v) is 5.29. The molecule has 0 radical (unpaired) electrons. The fourth-order valence-corrected chi connectivity index (χ4v) is 1.71. The summed E-state index contributed by atoms with van der Waals surface area (Å²) in [6.07, 6.45) is 2.44. The minimum Gasteiger partial charge on any atom is -0.381 e. The van der Waals surface area contributed by atoms with E-state index in [1.54, 1.807) is 0 Å². The monoisotopic (exact) mass is 200 g/mol. The Balaban J connectivity index is 2.02. The summed E-state index contributed by atoms with van der Waals surface area (Å²) in [5.74, 6) is 0.409. The van der Waals surface area contributed by atoms with E-state index >= 15 is 0 Å². The zero-order chi connectivity index (χ0) is 10.4. The molecule has 82 valence electrons. The molecule has 0 saturated carbocycles. The number of hydrogen-bond donors (Lipinski definition) is 2. The first kappa shape index (κ1) is 11.5. The molecular weight excluding hydrogens is 180 g/mol. The third kappa shape index (κ3) is 4.07. The second-order valence-corrected chi connectivity index (χ2v) is 3.94. The van der Waals surface area contributed by atoms with Crippen LogP contribution in [0.5, 0.6) is 0 Å². The molecule has 0 aromatic heterocycles. The number of nitrogens with one attached hydrogen (secondary N) is 1. The molecule has 1 amide bonds. The van der Waals surface area contributed by atoms with E-state index in [2.05, 4.69) is 12.2 Å². The molecule has 0 bridgehead atoms. The number of primary amides is 1. The Kier molecular flexibility index (Phi) is 4.90. The number of nitrogens with two attached hydrogens (primary N) is 1. The summed E-state index contributed by atoms with van der Waals surface area (Å²) in [5, 5.41) is 3.39. The van der Waals surface area contributed by atoms with E-state index < -0.39 is 0 Å². The molecule has 1 fully saturated rings. The van der Waals surface area contributed by atoms with Crippen LogP contribution in [0.2, 0.25) is 0 Å². The third-order valence-corrected chi connectivity index (χ3v) is 2.74. The van der Waals surface area contributed by atoms with Crippen LogP contribution in [-0.2, 0) is 9.53 Å². The quantitative estimate of drug-likeness (QED) is 0.605. The van der Waals surface area contributed by atoms with Gasteiger partial charge in [-0.1, -0.05) is 0 Å². The van der Waals surface area contributed by atoms with Crippen molar-refractivity contribution in [3.63, 3.8) is 0 Å². The van der Waals surface area contributed by atoms with Gasteiger partial charge in [-0.05, 0) is 32.2 Å². The van der Waals surface area contributed by atoms with Crippen LogP contribution in [0.1, 0.15) is 26.2 Å². The summed E-state index contributed by atoms with van der Waals surface area (Å²) < 4.78 is 5.31. The van der Waals surface area contributed by atoms with Crippen LogP contribution < -0.4 is 11.1 Å². The van der Waals surface area contributed by atoms with E-state index in [0.717, 1.165) is 32.6 Å². The third-order valence-electron chi connectivity index (χ3n) is 2.74. The molecule has 0 aliphatic carbocycles. The van der Waals surface area contributed by atoms with Crippen LogP contribution in [0.25, 0.3) is 0 Å². The maximum absolute atomic E-state index is 10.5. The largest absolute Gasteiger partial charge is 0.381 e. The number of hydrogen-bond acceptors (Lipinski definition) is 3. The molecule has 3 N–H and O–H groups in total. The van der Waals surface area contributed by atoms with Crippen molar-refractivity contribution in [2.45, 2.75) is 32.2 Å².